The molecule has 0 saturated carbocycles. The highest BCUT2D eigenvalue weighted by atomic mass is 15.3. The molecule has 98 valence electrons. The lowest BCUT2D eigenvalue weighted by Gasteiger charge is -2.18. The molecule has 1 heterocycles. The second kappa shape index (κ2) is 5.02. The van der Waals surface area contributed by atoms with E-state index in [1.165, 1.54) is 0 Å². The summed E-state index contributed by atoms with van der Waals surface area (Å²) in [6.45, 7) is 1.83. The molecule has 0 aliphatic heterocycles. The van der Waals surface area contributed by atoms with Crippen LogP contribution in [0.25, 0.3) is 0 Å². The highest BCUT2D eigenvalue weighted by Gasteiger charge is 2.14. The molecule has 0 fully saturated rings. The van der Waals surface area contributed by atoms with E-state index in [2.05, 4.69) is 16.5 Å². The van der Waals surface area contributed by atoms with Gasteiger partial charge < -0.3 is 10.2 Å². The Labute approximate surface area is 113 Å². The molecule has 0 saturated heterocycles. The van der Waals surface area contributed by atoms with Crippen molar-refractivity contribution in [3.63, 3.8) is 0 Å². The standard InChI is InChI=1S/C14H17N5/c1-10-11(9-15)14(19(4)17-10)16-12-7-5-6-8-13(12)18(2)3/h5-8,16H,1-4H3. The quantitative estimate of drug-likeness (QED) is 0.915. The number of benzene rings is 1. The molecule has 0 unspecified atom stereocenters. The van der Waals surface area contributed by atoms with Crippen LogP contribution < -0.4 is 10.2 Å². The molecule has 19 heavy (non-hydrogen) atoms. The van der Waals surface area contributed by atoms with Crippen molar-refractivity contribution >= 4 is 17.2 Å². The number of rotatable bonds is 3. The molecule has 2 rings (SSSR count). The SMILES string of the molecule is Cc1nn(C)c(Nc2ccccc2N(C)C)c1C#N. The number of nitrogens with zero attached hydrogens (tertiary/aromatic N) is 4. The molecule has 1 aromatic carbocycles. The summed E-state index contributed by atoms with van der Waals surface area (Å²) in [6.07, 6.45) is 0. The van der Waals surface area contributed by atoms with Gasteiger partial charge in [-0.2, -0.15) is 10.4 Å². The largest absolute Gasteiger partial charge is 0.376 e. The molecule has 0 radical (unpaired) electrons. The fourth-order valence-corrected chi connectivity index (χ4v) is 2.03. The number of hydrogen-bond acceptors (Lipinski definition) is 4. The third-order valence-corrected chi connectivity index (χ3v) is 2.97. The van der Waals surface area contributed by atoms with Gasteiger partial charge in [-0.1, -0.05) is 12.1 Å². The number of aromatic nitrogens is 2. The monoisotopic (exact) mass is 255 g/mol. The summed E-state index contributed by atoms with van der Waals surface area (Å²) < 4.78 is 1.69. The van der Waals surface area contributed by atoms with Crippen molar-refractivity contribution in [1.82, 2.24) is 9.78 Å². The first-order valence-electron chi connectivity index (χ1n) is 6.01. The maximum absolute atomic E-state index is 9.22. The Bertz CT molecular complexity index is 634. The molecule has 5 nitrogen and oxygen atoms in total. The number of hydrogen-bond donors (Lipinski definition) is 1. The second-order valence-electron chi connectivity index (χ2n) is 4.58. The Kier molecular flexibility index (Phi) is 3.43. The van der Waals surface area contributed by atoms with Crippen molar-refractivity contribution in [2.24, 2.45) is 7.05 Å². The van der Waals surface area contributed by atoms with E-state index >= 15 is 0 Å². The van der Waals surface area contributed by atoms with Crippen molar-refractivity contribution < 1.29 is 0 Å². The van der Waals surface area contributed by atoms with Crippen LogP contribution in [0.3, 0.4) is 0 Å². The van der Waals surface area contributed by atoms with E-state index < -0.39 is 0 Å². The van der Waals surface area contributed by atoms with Crippen LogP contribution in [-0.2, 0) is 7.05 Å². The lowest BCUT2D eigenvalue weighted by molar-refractivity contribution is 0.765. The zero-order valence-electron chi connectivity index (χ0n) is 11.6. The average molecular weight is 255 g/mol. The van der Waals surface area contributed by atoms with Crippen molar-refractivity contribution in [3.05, 3.63) is 35.5 Å². The van der Waals surface area contributed by atoms with Crippen molar-refractivity contribution in [2.75, 3.05) is 24.3 Å². The Morgan fingerprint density at radius 1 is 1.32 bits per heavy atom. The van der Waals surface area contributed by atoms with E-state index in [0.29, 0.717) is 11.4 Å². The number of aryl methyl sites for hydroxylation is 2. The predicted octanol–water partition coefficient (Wildman–Crippen LogP) is 2.41. The van der Waals surface area contributed by atoms with Crippen LogP contribution in [0.2, 0.25) is 0 Å². The van der Waals surface area contributed by atoms with E-state index in [-0.39, 0.29) is 0 Å². The Balaban J connectivity index is 2.46. The van der Waals surface area contributed by atoms with Crippen LogP contribution in [0.4, 0.5) is 17.2 Å². The van der Waals surface area contributed by atoms with Crippen molar-refractivity contribution in [3.8, 4) is 6.07 Å². The van der Waals surface area contributed by atoms with Gasteiger partial charge in [-0.05, 0) is 19.1 Å². The first kappa shape index (κ1) is 13.0. The van der Waals surface area contributed by atoms with Crippen LogP contribution in [0.15, 0.2) is 24.3 Å². The van der Waals surface area contributed by atoms with Crippen molar-refractivity contribution in [2.45, 2.75) is 6.92 Å². The summed E-state index contributed by atoms with van der Waals surface area (Å²) >= 11 is 0. The molecular weight excluding hydrogens is 238 g/mol. The summed E-state index contributed by atoms with van der Waals surface area (Å²) in [5.74, 6) is 0.717. The minimum absolute atomic E-state index is 0.580. The zero-order chi connectivity index (χ0) is 14.0. The Morgan fingerprint density at radius 2 is 2.00 bits per heavy atom. The Hall–Kier alpha value is -2.48. The van der Waals surface area contributed by atoms with Gasteiger partial charge in [-0.25, -0.2) is 0 Å². The fourth-order valence-electron chi connectivity index (χ4n) is 2.03. The maximum atomic E-state index is 9.22. The number of para-hydroxylation sites is 2. The highest BCUT2D eigenvalue weighted by Crippen LogP contribution is 2.29. The van der Waals surface area contributed by atoms with E-state index in [4.69, 9.17) is 0 Å². The van der Waals surface area contributed by atoms with Gasteiger partial charge in [0, 0.05) is 21.1 Å². The minimum Gasteiger partial charge on any atom is -0.376 e. The van der Waals surface area contributed by atoms with Gasteiger partial charge in [-0.15, -0.1) is 0 Å². The molecule has 0 spiro atoms. The van der Waals surface area contributed by atoms with Gasteiger partial charge in [0.05, 0.1) is 17.1 Å². The van der Waals surface area contributed by atoms with Crippen LogP contribution >= 0.6 is 0 Å². The summed E-state index contributed by atoms with van der Waals surface area (Å²) in [4.78, 5) is 2.03. The molecule has 1 N–H and O–H groups in total. The molecule has 0 atom stereocenters. The molecule has 1 aromatic heterocycles. The Morgan fingerprint density at radius 3 is 2.63 bits per heavy atom. The average Bonchev–Trinajstić information content (AvgIpc) is 2.64. The van der Waals surface area contributed by atoms with E-state index in [9.17, 15) is 5.26 Å². The molecular formula is C14H17N5. The van der Waals surface area contributed by atoms with Gasteiger partial charge in [0.25, 0.3) is 0 Å². The van der Waals surface area contributed by atoms with Gasteiger partial charge >= 0.3 is 0 Å². The molecule has 0 bridgehead atoms. The van der Waals surface area contributed by atoms with Gasteiger partial charge in [0.15, 0.2) is 0 Å². The van der Waals surface area contributed by atoms with Gasteiger partial charge in [-0.3, -0.25) is 4.68 Å². The number of nitrogens with one attached hydrogen (secondary N) is 1. The van der Waals surface area contributed by atoms with Crippen LogP contribution in [0, 0.1) is 18.3 Å². The summed E-state index contributed by atoms with van der Waals surface area (Å²) in [7, 11) is 5.80. The fraction of sp³-hybridized carbons (Fsp3) is 0.286. The lowest BCUT2D eigenvalue weighted by Crippen LogP contribution is -2.11. The first-order chi connectivity index (χ1) is 9.04. The summed E-state index contributed by atoms with van der Waals surface area (Å²) in [5, 5.41) is 16.8. The molecule has 5 heteroatoms. The van der Waals surface area contributed by atoms with E-state index in [0.717, 1.165) is 17.1 Å². The second-order valence-corrected chi connectivity index (χ2v) is 4.58. The minimum atomic E-state index is 0.580. The smallest absolute Gasteiger partial charge is 0.146 e. The van der Waals surface area contributed by atoms with Crippen LogP contribution in [0.5, 0.6) is 0 Å². The van der Waals surface area contributed by atoms with Crippen LogP contribution in [0.1, 0.15) is 11.3 Å². The zero-order valence-corrected chi connectivity index (χ0v) is 11.6. The summed E-state index contributed by atoms with van der Waals surface area (Å²) in [6, 6.07) is 10.2. The molecule has 2 aromatic rings. The normalized spacial score (nSPS) is 10.1. The molecule has 0 aliphatic rings. The predicted molar refractivity (Wildman–Crippen MR) is 76.7 cm³/mol. The first-order valence-corrected chi connectivity index (χ1v) is 6.01. The van der Waals surface area contributed by atoms with Crippen molar-refractivity contribution in [1.29, 1.82) is 5.26 Å². The molecule has 0 aliphatic carbocycles. The third kappa shape index (κ3) is 2.38. The topological polar surface area (TPSA) is 56.9 Å². The van der Waals surface area contributed by atoms with E-state index in [1.807, 2.05) is 57.2 Å². The number of anilines is 3. The van der Waals surface area contributed by atoms with Gasteiger partial charge in [0.2, 0.25) is 0 Å². The van der Waals surface area contributed by atoms with Crippen LogP contribution in [-0.4, -0.2) is 23.9 Å². The lowest BCUT2D eigenvalue weighted by atomic mass is 10.2. The third-order valence-electron chi connectivity index (χ3n) is 2.97. The maximum Gasteiger partial charge on any atom is 0.146 e. The molecule has 0 amide bonds. The number of nitriles is 1. The van der Waals surface area contributed by atoms with Gasteiger partial charge in [0.1, 0.15) is 17.5 Å². The summed E-state index contributed by atoms with van der Waals surface area (Å²) in [5.41, 5.74) is 3.32. The highest BCUT2D eigenvalue weighted by molar-refractivity contribution is 5.76. The van der Waals surface area contributed by atoms with E-state index in [1.54, 1.807) is 4.68 Å².